The van der Waals surface area contributed by atoms with Crippen LogP contribution in [0.2, 0.25) is 18.1 Å². The average molecular weight is 1100 g/mol. The van der Waals surface area contributed by atoms with Gasteiger partial charge in [-0.2, -0.15) is 0 Å². The van der Waals surface area contributed by atoms with Crippen LogP contribution in [0.25, 0.3) is 0 Å². The van der Waals surface area contributed by atoms with E-state index in [0.29, 0.717) is 25.2 Å². The van der Waals surface area contributed by atoms with Gasteiger partial charge in [-0.3, -0.25) is 4.79 Å². The molecule has 4 rings (SSSR count). The molecule has 0 spiro atoms. The highest BCUT2D eigenvalue weighted by atomic mass is 28.4. The highest BCUT2D eigenvalue weighted by Gasteiger charge is 2.46. The Morgan fingerprint density at radius 2 is 1.52 bits per heavy atom. The number of esters is 2. The van der Waals surface area contributed by atoms with E-state index in [1.807, 2.05) is 65.0 Å². The number of allylic oxidation sites excluding steroid dienone is 7. The zero-order chi connectivity index (χ0) is 56.9. The molecule has 0 aromatic rings. The standard InChI is InChI=1S/C63H102O13Si/c1-43(2)70-61(57-40-54(69-42-67-13)46(5)50(73-57)33-28-34-51-47(6)55-41-56(72-51)52(74-55)32-24-20-21-25-35-58(65)68-14)49(64)31-23-19-17-18-22-30-48-37-38-53(76-77(15,16)63(10,11)12)60(71-48)45(4)39-44(3)29-26-27-36-59(66)75-62(7,8)9/h18,20-25,28,31-32,34-35,37-39,43-44,46-57,60-61,64H,17,19,26-27,29-30,33,36,40-42H2,1-16H3/b21-20-,22-18+,31-23+,32-24+,34-28+,35-25-,45-39+/t44-,46+,47?,48+,49+,50-,51+,52?,53+,54+,55?,56+,57-,60+,61+/m1/s1. The lowest BCUT2D eigenvalue weighted by molar-refractivity contribution is -0.216. The van der Waals surface area contributed by atoms with Crippen LogP contribution in [-0.2, 0) is 56.6 Å². The van der Waals surface area contributed by atoms with Gasteiger partial charge in [0.25, 0.3) is 0 Å². The molecule has 0 aliphatic carbocycles. The summed E-state index contributed by atoms with van der Waals surface area (Å²) in [7, 11) is 0.880. The fraction of sp³-hybridized carbons (Fsp3) is 0.714. The smallest absolute Gasteiger partial charge is 0.330 e. The molecule has 4 aliphatic rings. The molecule has 4 aliphatic heterocycles. The Kier molecular flexibility index (Phi) is 27.7. The molecule has 77 heavy (non-hydrogen) atoms. The quantitative estimate of drug-likeness (QED) is 0.0144. The van der Waals surface area contributed by atoms with Gasteiger partial charge in [0.1, 0.15) is 36.8 Å². The zero-order valence-electron chi connectivity index (χ0n) is 50.0. The molecule has 13 nitrogen and oxygen atoms in total. The Labute approximate surface area is 466 Å². The number of fused-ring (bicyclic) bond motifs is 2. The number of unbranched alkanes of at least 4 members (excludes halogenated alkanes) is 2. The number of rotatable bonds is 29. The summed E-state index contributed by atoms with van der Waals surface area (Å²) < 4.78 is 61.9. The average Bonchev–Trinajstić information content (AvgIpc) is 3.70. The third kappa shape index (κ3) is 22.6. The van der Waals surface area contributed by atoms with Crippen LogP contribution in [0.3, 0.4) is 0 Å². The Morgan fingerprint density at radius 3 is 2.21 bits per heavy atom. The number of aliphatic hydroxyl groups excluding tert-OH is 1. The van der Waals surface area contributed by atoms with Gasteiger partial charge in [0.15, 0.2) is 8.32 Å². The van der Waals surface area contributed by atoms with Crippen LogP contribution >= 0.6 is 0 Å². The fourth-order valence-corrected chi connectivity index (χ4v) is 11.2. The van der Waals surface area contributed by atoms with Crippen molar-refractivity contribution in [3.8, 4) is 0 Å². The van der Waals surface area contributed by atoms with Crippen molar-refractivity contribution in [3.63, 3.8) is 0 Å². The Morgan fingerprint density at radius 1 is 0.805 bits per heavy atom. The maximum atomic E-state index is 12.3. The summed E-state index contributed by atoms with van der Waals surface area (Å²) in [6, 6.07) is 0. The molecule has 0 aromatic carbocycles. The van der Waals surface area contributed by atoms with E-state index in [0.717, 1.165) is 44.9 Å². The number of carbonyl (C=O) groups excluding carboxylic acids is 2. The first-order chi connectivity index (χ1) is 36.3. The lowest BCUT2D eigenvalue weighted by Gasteiger charge is -2.43. The first-order valence-electron chi connectivity index (χ1n) is 28.7. The first-order valence-corrected chi connectivity index (χ1v) is 31.6. The van der Waals surface area contributed by atoms with Gasteiger partial charge in [-0.05, 0) is 110 Å². The zero-order valence-corrected chi connectivity index (χ0v) is 51.0. The van der Waals surface area contributed by atoms with Crippen molar-refractivity contribution in [3.05, 3.63) is 96.7 Å². The molecule has 0 aromatic heterocycles. The molecule has 14 heteroatoms. The van der Waals surface area contributed by atoms with Gasteiger partial charge in [-0.1, -0.05) is 133 Å². The molecule has 15 atom stereocenters. The number of aliphatic hydroxyl groups is 1. The summed E-state index contributed by atoms with van der Waals surface area (Å²) in [5, 5.41) is 11.8. The van der Waals surface area contributed by atoms with Crippen molar-refractivity contribution in [1.29, 1.82) is 0 Å². The van der Waals surface area contributed by atoms with Gasteiger partial charge in [0.2, 0.25) is 0 Å². The molecule has 0 saturated carbocycles. The summed E-state index contributed by atoms with van der Waals surface area (Å²) in [4.78, 5) is 23.6. The first kappa shape index (κ1) is 66.2. The Bertz CT molecular complexity index is 2020. The summed E-state index contributed by atoms with van der Waals surface area (Å²) in [5.41, 5.74) is 0.714. The van der Waals surface area contributed by atoms with Gasteiger partial charge >= 0.3 is 11.9 Å². The van der Waals surface area contributed by atoms with Crippen molar-refractivity contribution < 1.29 is 61.8 Å². The van der Waals surface area contributed by atoms with Crippen LogP contribution in [0, 0.1) is 17.8 Å². The van der Waals surface area contributed by atoms with E-state index in [-0.39, 0.29) is 90.7 Å². The Hall–Kier alpha value is -3.28. The largest absolute Gasteiger partial charge is 0.466 e. The second-order valence-electron chi connectivity index (χ2n) is 24.5. The maximum absolute atomic E-state index is 12.3. The van der Waals surface area contributed by atoms with Gasteiger partial charge in [-0.15, -0.1) is 0 Å². The summed E-state index contributed by atoms with van der Waals surface area (Å²) in [6.45, 7) is 30.0. The molecule has 1 N–H and O–H groups in total. The van der Waals surface area contributed by atoms with Crippen molar-refractivity contribution in [2.75, 3.05) is 21.0 Å². The van der Waals surface area contributed by atoms with Gasteiger partial charge < -0.3 is 52.2 Å². The maximum Gasteiger partial charge on any atom is 0.330 e. The van der Waals surface area contributed by atoms with Crippen molar-refractivity contribution in [1.82, 2.24) is 0 Å². The molecule has 3 saturated heterocycles. The number of ether oxygens (including phenoxy) is 9. The van der Waals surface area contributed by atoms with E-state index in [1.165, 1.54) is 18.8 Å². The van der Waals surface area contributed by atoms with E-state index in [1.54, 1.807) is 19.3 Å². The van der Waals surface area contributed by atoms with Crippen molar-refractivity contribution >= 4 is 20.3 Å². The number of hydrogen-bond acceptors (Lipinski definition) is 13. The summed E-state index contributed by atoms with van der Waals surface area (Å²) in [6.07, 6.45) is 34.2. The third-order valence-electron chi connectivity index (χ3n) is 15.3. The number of carbonyl (C=O) groups is 2. The molecular weight excluding hydrogens is 993 g/mol. The normalized spacial score (nSPS) is 30.0. The fourth-order valence-electron chi connectivity index (χ4n) is 10.0. The predicted molar refractivity (Wildman–Crippen MR) is 309 cm³/mol. The second kappa shape index (κ2) is 32.2. The van der Waals surface area contributed by atoms with Crippen LogP contribution in [0.1, 0.15) is 147 Å². The van der Waals surface area contributed by atoms with Crippen molar-refractivity contribution in [2.24, 2.45) is 17.8 Å². The van der Waals surface area contributed by atoms with E-state index >= 15 is 0 Å². The van der Waals surface area contributed by atoms with E-state index in [2.05, 4.69) is 109 Å². The van der Waals surface area contributed by atoms with E-state index < -0.39 is 38.2 Å². The monoisotopic (exact) mass is 1090 g/mol. The molecule has 436 valence electrons. The second-order valence-corrected chi connectivity index (χ2v) is 29.3. The van der Waals surface area contributed by atoms with Crippen molar-refractivity contribution in [2.45, 2.75) is 250 Å². The molecule has 0 radical (unpaired) electrons. The third-order valence-corrected chi connectivity index (χ3v) is 19.8. The molecule has 0 amide bonds. The minimum absolute atomic E-state index is 0.0556. The Balaban J connectivity index is 1.34. The molecule has 3 unspecified atom stereocenters. The lowest BCUT2D eigenvalue weighted by Crippen LogP contribution is -2.52. The van der Waals surface area contributed by atoms with Crippen LogP contribution in [0.4, 0.5) is 0 Å². The highest BCUT2D eigenvalue weighted by Crippen LogP contribution is 2.41. The SMILES string of the molecule is COCO[C@H]1C[C@H]([C@@H](OC(C)C)[C@@H](O)/C=C/CC/C=C/C[C@H]2C=C[C@H](O[Si](C)(C)C(C)(C)C)[C@H](/C(C)=C/[C@H](C)CCCCC(=O)OC(C)(C)C)O2)O[C@H](C/C=C/[C@@H]2O[C@H]3CC(OC3/C=C/C=C\C=C/C(=O)OC)C2C)[C@@H]1C. The molecule has 3 fully saturated rings. The minimum atomic E-state index is -2.10. The molecule has 4 heterocycles. The van der Waals surface area contributed by atoms with Gasteiger partial charge in [0, 0.05) is 44.3 Å². The highest BCUT2D eigenvalue weighted by molar-refractivity contribution is 6.74. The van der Waals surface area contributed by atoms with Crippen LogP contribution in [0.5, 0.6) is 0 Å². The lowest BCUT2D eigenvalue weighted by atomic mass is 9.85. The summed E-state index contributed by atoms with van der Waals surface area (Å²) in [5.74, 6) is 0.0166. The van der Waals surface area contributed by atoms with Crippen LogP contribution < -0.4 is 0 Å². The summed E-state index contributed by atoms with van der Waals surface area (Å²) >= 11 is 0. The van der Waals surface area contributed by atoms with Crippen LogP contribution in [0.15, 0.2) is 96.7 Å². The molecular formula is C63H102O13Si. The minimum Gasteiger partial charge on any atom is -0.466 e. The van der Waals surface area contributed by atoms with Gasteiger partial charge in [-0.25, -0.2) is 4.79 Å². The van der Waals surface area contributed by atoms with Gasteiger partial charge in [0.05, 0.1) is 62.0 Å². The van der Waals surface area contributed by atoms with Crippen LogP contribution in [-0.4, -0.2) is 131 Å². The van der Waals surface area contributed by atoms with E-state index in [9.17, 15) is 14.7 Å². The molecule has 2 bridgehead atoms. The number of hydrogen-bond donors (Lipinski definition) is 1. The predicted octanol–water partition coefficient (Wildman–Crippen LogP) is 12.8. The van der Waals surface area contributed by atoms with E-state index in [4.69, 9.17) is 42.3 Å². The number of methoxy groups -OCH3 is 2. The topological polar surface area (TPSA) is 147 Å².